The van der Waals surface area contributed by atoms with Gasteiger partial charge in [-0.1, -0.05) is 18.5 Å². The number of aromatic nitrogens is 1. The number of ether oxygens (including phenoxy) is 1. The van der Waals surface area contributed by atoms with E-state index in [9.17, 15) is 4.21 Å². The van der Waals surface area contributed by atoms with Gasteiger partial charge in [0.05, 0.1) is 16.9 Å². The molecule has 1 unspecified atom stereocenters. The van der Waals surface area contributed by atoms with Gasteiger partial charge in [-0.05, 0) is 37.6 Å². The van der Waals surface area contributed by atoms with E-state index in [-0.39, 0.29) is 0 Å². The van der Waals surface area contributed by atoms with Crippen molar-refractivity contribution in [3.8, 4) is 5.75 Å². The van der Waals surface area contributed by atoms with Gasteiger partial charge in [0.1, 0.15) is 21.9 Å². The highest BCUT2D eigenvalue weighted by molar-refractivity contribution is 7.83. The van der Waals surface area contributed by atoms with Crippen LogP contribution in [0.5, 0.6) is 5.75 Å². The fraction of sp³-hybridized carbons (Fsp3) is 0.471. The van der Waals surface area contributed by atoms with Crippen LogP contribution in [0.4, 0.5) is 0 Å². The average molecular weight is 368 g/mol. The van der Waals surface area contributed by atoms with Crippen LogP contribution in [0.2, 0.25) is 5.15 Å². The number of hydrogen-bond donors (Lipinski definition) is 1. The van der Waals surface area contributed by atoms with Gasteiger partial charge < -0.3 is 10.1 Å². The number of pyridine rings is 1. The second-order valence-corrected chi connectivity index (χ2v) is 7.53. The van der Waals surface area contributed by atoms with E-state index in [1.165, 1.54) is 0 Å². The van der Waals surface area contributed by atoms with Gasteiger partial charge in [-0.25, -0.2) is 13.5 Å². The molecule has 7 heteroatoms. The van der Waals surface area contributed by atoms with E-state index in [2.05, 4.69) is 17.2 Å². The number of nitrogens with zero attached hydrogens (tertiary/aromatic N) is 2. The summed E-state index contributed by atoms with van der Waals surface area (Å²) in [4.78, 5) is 4.93. The summed E-state index contributed by atoms with van der Waals surface area (Å²) in [6.45, 7) is 6.06. The van der Waals surface area contributed by atoms with Crippen molar-refractivity contribution in [2.75, 3.05) is 32.8 Å². The maximum Gasteiger partial charge on any atom is 0.140 e. The Labute approximate surface area is 149 Å². The molecule has 1 aliphatic heterocycles. The van der Waals surface area contributed by atoms with Crippen molar-refractivity contribution in [3.63, 3.8) is 0 Å². The zero-order valence-corrected chi connectivity index (χ0v) is 15.3. The molecule has 5 nitrogen and oxygen atoms in total. The van der Waals surface area contributed by atoms with Gasteiger partial charge >= 0.3 is 0 Å². The zero-order valence-electron chi connectivity index (χ0n) is 13.8. The minimum atomic E-state index is -1.23. The molecule has 0 saturated carbocycles. The van der Waals surface area contributed by atoms with Gasteiger partial charge in [0.25, 0.3) is 0 Å². The van der Waals surface area contributed by atoms with Crippen molar-refractivity contribution >= 4 is 33.4 Å². The summed E-state index contributed by atoms with van der Waals surface area (Å²) in [5.41, 5.74) is 0. The van der Waals surface area contributed by atoms with Gasteiger partial charge in [-0.3, -0.25) is 0 Å². The van der Waals surface area contributed by atoms with Gasteiger partial charge in [-0.2, -0.15) is 0 Å². The lowest BCUT2D eigenvalue weighted by Gasteiger charge is -2.20. The van der Waals surface area contributed by atoms with Crippen LogP contribution in [0.25, 0.3) is 10.8 Å². The molecule has 0 amide bonds. The van der Waals surface area contributed by atoms with Crippen LogP contribution in [-0.4, -0.2) is 46.3 Å². The Morgan fingerprint density at radius 2 is 2.21 bits per heavy atom. The molecule has 1 saturated heterocycles. The van der Waals surface area contributed by atoms with Crippen LogP contribution >= 0.6 is 11.6 Å². The number of hydrogen-bond acceptors (Lipinski definition) is 4. The predicted octanol–water partition coefficient (Wildman–Crippen LogP) is 2.99. The molecule has 1 N–H and O–H groups in total. The summed E-state index contributed by atoms with van der Waals surface area (Å²) < 4.78 is 20.9. The van der Waals surface area contributed by atoms with Crippen LogP contribution in [0.1, 0.15) is 19.8 Å². The maximum atomic E-state index is 13.1. The molecule has 24 heavy (non-hydrogen) atoms. The molecular formula is C17H22ClN3O2S. The lowest BCUT2D eigenvalue weighted by atomic mass is 10.1. The quantitative estimate of drug-likeness (QED) is 0.825. The SMILES string of the molecule is CCCOc1ccc(S(=O)N2CCCNCC2)c2ccnc(Cl)c12. The molecule has 0 bridgehead atoms. The lowest BCUT2D eigenvalue weighted by Crippen LogP contribution is -2.30. The fourth-order valence-electron chi connectivity index (χ4n) is 2.81. The molecule has 0 spiro atoms. The second kappa shape index (κ2) is 8.25. The summed E-state index contributed by atoms with van der Waals surface area (Å²) in [6.07, 6.45) is 3.55. The lowest BCUT2D eigenvalue weighted by molar-refractivity contribution is 0.321. The molecule has 130 valence electrons. The summed E-state index contributed by atoms with van der Waals surface area (Å²) in [5.74, 6) is 0.697. The highest BCUT2D eigenvalue weighted by atomic mass is 35.5. The smallest absolute Gasteiger partial charge is 0.140 e. The first-order valence-electron chi connectivity index (χ1n) is 8.30. The highest BCUT2D eigenvalue weighted by Crippen LogP contribution is 2.35. The van der Waals surface area contributed by atoms with Crippen LogP contribution in [0.3, 0.4) is 0 Å². The molecule has 0 aliphatic carbocycles. The zero-order chi connectivity index (χ0) is 16.9. The Bertz CT molecular complexity index is 733. The number of halogens is 1. The summed E-state index contributed by atoms with van der Waals surface area (Å²) in [7, 11) is -1.23. The molecule has 3 rings (SSSR count). The third kappa shape index (κ3) is 3.72. The van der Waals surface area contributed by atoms with Crippen molar-refractivity contribution in [2.45, 2.75) is 24.7 Å². The van der Waals surface area contributed by atoms with Crippen LogP contribution in [0.15, 0.2) is 29.3 Å². The first-order valence-corrected chi connectivity index (χ1v) is 9.78. The van der Waals surface area contributed by atoms with E-state index in [0.29, 0.717) is 17.5 Å². The van der Waals surface area contributed by atoms with E-state index in [1.807, 2.05) is 22.5 Å². The number of benzene rings is 1. The van der Waals surface area contributed by atoms with E-state index in [4.69, 9.17) is 16.3 Å². The number of rotatable bonds is 5. The first kappa shape index (κ1) is 17.6. The van der Waals surface area contributed by atoms with E-state index < -0.39 is 11.0 Å². The molecular weight excluding hydrogens is 346 g/mol. The molecule has 1 aromatic heterocycles. The molecule has 2 heterocycles. The summed E-state index contributed by atoms with van der Waals surface area (Å²) in [5, 5.41) is 5.31. The number of fused-ring (bicyclic) bond motifs is 1. The normalized spacial score (nSPS) is 17.6. The molecule has 1 atom stereocenters. The topological polar surface area (TPSA) is 54.5 Å². The number of nitrogens with one attached hydrogen (secondary N) is 1. The minimum absolute atomic E-state index is 0.384. The minimum Gasteiger partial charge on any atom is -0.493 e. The van der Waals surface area contributed by atoms with Gasteiger partial charge in [0.15, 0.2) is 0 Å². The Morgan fingerprint density at radius 1 is 1.33 bits per heavy atom. The molecule has 1 aliphatic rings. The molecule has 2 aromatic rings. The van der Waals surface area contributed by atoms with Crippen molar-refractivity contribution in [3.05, 3.63) is 29.5 Å². The van der Waals surface area contributed by atoms with E-state index in [0.717, 1.165) is 54.7 Å². The Morgan fingerprint density at radius 3 is 3.04 bits per heavy atom. The monoisotopic (exact) mass is 367 g/mol. The van der Waals surface area contributed by atoms with Crippen molar-refractivity contribution in [2.24, 2.45) is 0 Å². The summed E-state index contributed by atoms with van der Waals surface area (Å²) >= 11 is 6.32. The fourth-order valence-corrected chi connectivity index (χ4v) is 4.44. The largest absolute Gasteiger partial charge is 0.493 e. The van der Waals surface area contributed by atoms with Gasteiger partial charge in [0.2, 0.25) is 0 Å². The second-order valence-electron chi connectivity index (χ2n) is 5.72. The van der Waals surface area contributed by atoms with Crippen molar-refractivity contribution in [1.82, 2.24) is 14.6 Å². The molecule has 1 fully saturated rings. The third-order valence-corrected chi connectivity index (χ3v) is 5.84. The molecule has 1 aromatic carbocycles. The predicted molar refractivity (Wildman–Crippen MR) is 98.0 cm³/mol. The van der Waals surface area contributed by atoms with E-state index in [1.54, 1.807) is 6.20 Å². The van der Waals surface area contributed by atoms with Crippen LogP contribution < -0.4 is 10.1 Å². The van der Waals surface area contributed by atoms with Crippen LogP contribution in [-0.2, 0) is 11.0 Å². The average Bonchev–Trinajstić information content (AvgIpc) is 2.88. The Balaban J connectivity index is 2.02. The Hall–Kier alpha value is -1.21. The standard InChI is InChI=1S/C17H22ClN3O2S/c1-2-12-23-14-4-5-15(13-6-8-20-17(18)16(13)14)24(22)21-10-3-7-19-9-11-21/h4-6,8,19H,2-3,7,9-12H2,1H3. The van der Waals surface area contributed by atoms with Crippen molar-refractivity contribution < 1.29 is 8.95 Å². The highest BCUT2D eigenvalue weighted by Gasteiger charge is 2.21. The van der Waals surface area contributed by atoms with Crippen LogP contribution in [0, 0.1) is 0 Å². The molecule has 0 radical (unpaired) electrons. The van der Waals surface area contributed by atoms with E-state index >= 15 is 0 Å². The van der Waals surface area contributed by atoms with Crippen molar-refractivity contribution in [1.29, 1.82) is 0 Å². The Kier molecular flexibility index (Phi) is 6.05. The first-order chi connectivity index (χ1) is 11.7. The summed E-state index contributed by atoms with van der Waals surface area (Å²) in [6, 6.07) is 5.61. The maximum absolute atomic E-state index is 13.1. The third-order valence-electron chi connectivity index (χ3n) is 3.99. The van der Waals surface area contributed by atoms with Gasteiger partial charge in [-0.15, -0.1) is 0 Å². The van der Waals surface area contributed by atoms with Gasteiger partial charge in [0, 0.05) is 31.2 Å².